The van der Waals surface area contributed by atoms with Gasteiger partial charge in [-0.05, 0) is 68.7 Å². The summed E-state index contributed by atoms with van der Waals surface area (Å²) < 4.78 is 30.4. The molecule has 1 unspecified atom stereocenters. The highest BCUT2D eigenvalue weighted by Crippen LogP contribution is 2.39. The van der Waals surface area contributed by atoms with E-state index >= 15 is 0 Å². The standard InChI is InChI=1S/C27H36N4O3S/c1-19-5-7-25(8-6-19)35(33,34)28-13-24-12-21-9-10-30(24)18-23(21)17-29-14-20-11-22(16-29)26-3-2-4-27(32)31(26)15-20/h2-8,20-24,28H,9-18H2,1H3/t20-,21-,22-,23+,24+/m1/s1. The van der Waals surface area contributed by atoms with Crippen molar-refractivity contribution in [2.24, 2.45) is 17.8 Å². The molecule has 7 rings (SSSR count). The SMILES string of the molecule is Cc1ccc(S(=O)(=O)NC[C@@H]2C[C@H]3CCN2C[C@@H]3CN2C[C@H]3C[C@H](C2)c2cccc(=O)n2C3)cc1. The Kier molecular flexibility index (Phi) is 6.11. The van der Waals surface area contributed by atoms with Crippen molar-refractivity contribution in [2.75, 3.05) is 39.3 Å². The number of hydrogen-bond donors (Lipinski definition) is 1. The minimum atomic E-state index is -3.47. The van der Waals surface area contributed by atoms with Crippen molar-refractivity contribution in [3.05, 3.63) is 64.1 Å². The van der Waals surface area contributed by atoms with Gasteiger partial charge in [0.1, 0.15) is 0 Å². The van der Waals surface area contributed by atoms with Crippen LogP contribution < -0.4 is 10.3 Å². The van der Waals surface area contributed by atoms with E-state index < -0.39 is 10.0 Å². The van der Waals surface area contributed by atoms with Crippen LogP contribution in [0.15, 0.2) is 52.2 Å². The fourth-order valence-electron chi connectivity index (χ4n) is 7.15. The maximum absolute atomic E-state index is 12.8. The van der Waals surface area contributed by atoms with E-state index in [4.69, 9.17) is 0 Å². The number of benzene rings is 1. The number of sulfonamides is 1. The lowest BCUT2D eigenvalue weighted by Crippen LogP contribution is -2.59. The van der Waals surface area contributed by atoms with Crippen LogP contribution in [-0.2, 0) is 16.6 Å². The average Bonchev–Trinajstić information content (AvgIpc) is 2.84. The second kappa shape index (κ2) is 9.14. The molecule has 0 saturated carbocycles. The van der Waals surface area contributed by atoms with Crippen molar-refractivity contribution < 1.29 is 8.42 Å². The monoisotopic (exact) mass is 496 g/mol. The van der Waals surface area contributed by atoms with Crippen LogP contribution >= 0.6 is 0 Å². The molecule has 0 aliphatic carbocycles. The Morgan fingerprint density at radius 2 is 1.83 bits per heavy atom. The maximum Gasteiger partial charge on any atom is 0.250 e. The van der Waals surface area contributed by atoms with E-state index in [1.165, 1.54) is 18.5 Å². The molecule has 8 heteroatoms. The fraction of sp³-hybridized carbons (Fsp3) is 0.593. The Morgan fingerprint density at radius 1 is 1.00 bits per heavy atom. The molecule has 7 nitrogen and oxygen atoms in total. The number of fused-ring (bicyclic) bond motifs is 7. The molecule has 1 aromatic heterocycles. The van der Waals surface area contributed by atoms with E-state index in [0.29, 0.717) is 35.1 Å². The molecule has 4 saturated heterocycles. The van der Waals surface area contributed by atoms with Gasteiger partial charge in [-0.3, -0.25) is 9.69 Å². The van der Waals surface area contributed by atoms with Crippen molar-refractivity contribution in [1.82, 2.24) is 19.1 Å². The predicted molar refractivity (Wildman–Crippen MR) is 136 cm³/mol. The van der Waals surface area contributed by atoms with E-state index in [1.54, 1.807) is 18.2 Å². The number of hydrogen-bond acceptors (Lipinski definition) is 5. The lowest BCUT2D eigenvalue weighted by Gasteiger charge is -2.52. The lowest BCUT2D eigenvalue weighted by atomic mass is 9.74. The van der Waals surface area contributed by atoms with Gasteiger partial charge in [0.2, 0.25) is 10.0 Å². The van der Waals surface area contributed by atoms with E-state index in [-0.39, 0.29) is 11.6 Å². The quantitative estimate of drug-likeness (QED) is 0.664. The zero-order chi connectivity index (χ0) is 24.2. The number of nitrogens with one attached hydrogen (secondary N) is 1. The molecule has 0 spiro atoms. The van der Waals surface area contributed by atoms with Crippen LogP contribution in [0.4, 0.5) is 0 Å². The topological polar surface area (TPSA) is 74.7 Å². The third-order valence-corrected chi connectivity index (χ3v) is 10.3. The maximum atomic E-state index is 12.8. The van der Waals surface area contributed by atoms with Gasteiger partial charge in [0.05, 0.1) is 4.90 Å². The molecule has 0 amide bonds. The average molecular weight is 497 g/mol. The highest BCUT2D eigenvalue weighted by molar-refractivity contribution is 7.89. The summed E-state index contributed by atoms with van der Waals surface area (Å²) in [4.78, 5) is 17.8. The second-order valence-corrected chi connectivity index (χ2v) is 13.0. The Morgan fingerprint density at radius 3 is 2.60 bits per heavy atom. The van der Waals surface area contributed by atoms with Crippen LogP contribution in [0.25, 0.3) is 0 Å². The smallest absolute Gasteiger partial charge is 0.250 e. The Bertz CT molecular complexity index is 1240. The third kappa shape index (κ3) is 4.61. The minimum Gasteiger partial charge on any atom is -0.312 e. The Balaban J connectivity index is 1.06. The number of aromatic nitrogens is 1. The van der Waals surface area contributed by atoms with Gasteiger partial charge < -0.3 is 9.47 Å². The first-order valence-electron chi connectivity index (χ1n) is 13.1. The summed E-state index contributed by atoms with van der Waals surface area (Å²) in [7, 11) is -3.47. The van der Waals surface area contributed by atoms with Crippen LogP contribution in [-0.4, -0.2) is 68.1 Å². The molecule has 5 aliphatic heterocycles. The Hall–Kier alpha value is -2.00. The van der Waals surface area contributed by atoms with Crippen molar-refractivity contribution in [3.8, 4) is 0 Å². The first-order chi connectivity index (χ1) is 16.9. The van der Waals surface area contributed by atoms with E-state index in [1.807, 2.05) is 29.7 Å². The van der Waals surface area contributed by atoms with E-state index in [0.717, 1.165) is 51.3 Å². The van der Waals surface area contributed by atoms with Crippen LogP contribution in [0.5, 0.6) is 0 Å². The number of nitrogens with zero attached hydrogens (tertiary/aromatic N) is 3. The van der Waals surface area contributed by atoms with Gasteiger partial charge >= 0.3 is 0 Å². The molecule has 6 heterocycles. The Labute approximate surface area is 208 Å². The first kappa shape index (κ1) is 23.4. The van der Waals surface area contributed by atoms with Crippen molar-refractivity contribution in [1.29, 1.82) is 0 Å². The molecule has 4 fully saturated rings. The number of piperidine rings is 4. The van der Waals surface area contributed by atoms with Crippen molar-refractivity contribution in [3.63, 3.8) is 0 Å². The number of likely N-dealkylation sites (tertiary alicyclic amines) is 1. The van der Waals surface area contributed by atoms with Crippen molar-refractivity contribution >= 4 is 10.0 Å². The van der Waals surface area contributed by atoms with Gasteiger partial charge in [-0.15, -0.1) is 0 Å². The fourth-order valence-corrected chi connectivity index (χ4v) is 8.22. The highest BCUT2D eigenvalue weighted by atomic mass is 32.2. The normalized spacial score (nSPS) is 32.4. The summed E-state index contributed by atoms with van der Waals surface area (Å²) in [5.41, 5.74) is 2.42. The van der Waals surface area contributed by atoms with Gasteiger partial charge in [-0.25, -0.2) is 13.1 Å². The first-order valence-corrected chi connectivity index (χ1v) is 14.6. The van der Waals surface area contributed by atoms with E-state index in [2.05, 4.69) is 20.6 Å². The zero-order valence-corrected chi connectivity index (χ0v) is 21.3. The number of aryl methyl sites for hydroxylation is 1. The molecule has 1 N–H and O–H groups in total. The molecule has 5 aliphatic rings. The van der Waals surface area contributed by atoms with Gasteiger partial charge in [-0.2, -0.15) is 0 Å². The van der Waals surface area contributed by atoms with Crippen LogP contribution in [0.2, 0.25) is 0 Å². The van der Waals surface area contributed by atoms with Gasteiger partial charge in [0, 0.05) is 63.0 Å². The summed E-state index contributed by atoms with van der Waals surface area (Å²) in [6.45, 7) is 8.67. The van der Waals surface area contributed by atoms with E-state index in [9.17, 15) is 13.2 Å². The molecule has 6 atom stereocenters. The largest absolute Gasteiger partial charge is 0.312 e. The van der Waals surface area contributed by atoms with Gasteiger partial charge in [-0.1, -0.05) is 23.8 Å². The number of pyridine rings is 1. The highest BCUT2D eigenvalue weighted by Gasteiger charge is 2.42. The molecule has 188 valence electrons. The number of rotatable bonds is 6. The summed E-state index contributed by atoms with van der Waals surface area (Å²) in [6.07, 6.45) is 3.48. The predicted octanol–water partition coefficient (Wildman–Crippen LogP) is 2.26. The summed E-state index contributed by atoms with van der Waals surface area (Å²) in [5, 5.41) is 0. The molecular formula is C27H36N4O3S. The molecule has 35 heavy (non-hydrogen) atoms. The van der Waals surface area contributed by atoms with Crippen molar-refractivity contribution in [2.45, 2.75) is 49.6 Å². The molecular weight excluding hydrogens is 460 g/mol. The van der Waals surface area contributed by atoms with Gasteiger partial charge in [0.25, 0.3) is 5.56 Å². The van der Waals surface area contributed by atoms with Crippen LogP contribution in [0, 0.1) is 24.7 Å². The van der Waals surface area contributed by atoms with Crippen LogP contribution in [0.1, 0.15) is 36.4 Å². The van der Waals surface area contributed by atoms with Gasteiger partial charge in [0.15, 0.2) is 0 Å². The summed E-state index contributed by atoms with van der Waals surface area (Å²) in [6, 6.07) is 13.1. The zero-order valence-electron chi connectivity index (χ0n) is 20.5. The third-order valence-electron chi connectivity index (χ3n) is 8.90. The second-order valence-electron chi connectivity index (χ2n) is 11.3. The summed E-state index contributed by atoms with van der Waals surface area (Å²) >= 11 is 0. The lowest BCUT2D eigenvalue weighted by molar-refractivity contribution is -0.0187. The molecule has 4 bridgehead atoms. The minimum absolute atomic E-state index is 0.145. The molecule has 0 radical (unpaired) electrons. The molecule has 1 aromatic carbocycles. The summed E-state index contributed by atoms with van der Waals surface area (Å²) in [5.74, 6) is 2.32. The van der Waals surface area contributed by atoms with Crippen LogP contribution in [0.3, 0.4) is 0 Å². The molecule has 2 aromatic rings.